The summed E-state index contributed by atoms with van der Waals surface area (Å²) in [5.74, 6) is -2.13. The normalized spacial score (nSPS) is 12.6. The fourth-order valence-corrected chi connectivity index (χ4v) is 1.84. The number of carbonyl (C=O) groups is 1. The second kappa shape index (κ2) is 4.13. The van der Waals surface area contributed by atoms with Crippen molar-refractivity contribution >= 4 is 16.9 Å². The van der Waals surface area contributed by atoms with E-state index in [1.807, 2.05) is 0 Å². The molecule has 0 bridgehead atoms. The highest BCUT2D eigenvalue weighted by Crippen LogP contribution is 2.23. The first-order chi connectivity index (χ1) is 8.00. The Morgan fingerprint density at radius 2 is 2.18 bits per heavy atom. The van der Waals surface area contributed by atoms with E-state index in [9.17, 15) is 9.18 Å². The molecule has 0 spiro atoms. The number of hydrogen-bond donors (Lipinski definition) is 1. The summed E-state index contributed by atoms with van der Waals surface area (Å²) in [5, 5.41) is 9.65. The van der Waals surface area contributed by atoms with Crippen molar-refractivity contribution in [2.75, 3.05) is 0 Å². The molecule has 1 atom stereocenters. The van der Waals surface area contributed by atoms with Crippen LogP contribution in [-0.4, -0.2) is 16.1 Å². The summed E-state index contributed by atoms with van der Waals surface area (Å²) in [6.07, 6.45) is 0. The topological polar surface area (TPSA) is 50.2 Å². The van der Waals surface area contributed by atoms with Gasteiger partial charge in [0, 0.05) is 5.39 Å². The van der Waals surface area contributed by atoms with Crippen molar-refractivity contribution in [3.8, 4) is 0 Å². The fraction of sp³-hybridized carbons (Fsp3) is 0.231. The second-order valence-electron chi connectivity index (χ2n) is 4.06. The zero-order valence-electron chi connectivity index (χ0n) is 9.57. The molecular formula is C13H12FNO2. The summed E-state index contributed by atoms with van der Waals surface area (Å²) in [6.45, 7) is 3.33. The highest BCUT2D eigenvalue weighted by atomic mass is 19.1. The van der Waals surface area contributed by atoms with E-state index in [1.54, 1.807) is 32.0 Å². The van der Waals surface area contributed by atoms with Crippen LogP contribution in [0.2, 0.25) is 0 Å². The predicted molar refractivity (Wildman–Crippen MR) is 62.5 cm³/mol. The van der Waals surface area contributed by atoms with Crippen molar-refractivity contribution in [3.05, 3.63) is 41.3 Å². The molecule has 1 N–H and O–H groups in total. The van der Waals surface area contributed by atoms with E-state index in [-0.39, 0.29) is 5.52 Å². The lowest BCUT2D eigenvalue weighted by molar-refractivity contribution is -0.138. The Kier molecular flexibility index (Phi) is 2.79. The smallest absolute Gasteiger partial charge is 0.312 e. The Morgan fingerprint density at radius 3 is 2.82 bits per heavy atom. The number of carboxylic acid groups (broad SMARTS) is 1. The SMILES string of the molecule is Cc1cc2cccc(F)c2nc1C(C)C(=O)O. The monoisotopic (exact) mass is 233 g/mol. The quantitative estimate of drug-likeness (QED) is 0.867. The van der Waals surface area contributed by atoms with Gasteiger partial charge in [0.05, 0.1) is 11.6 Å². The van der Waals surface area contributed by atoms with E-state index in [4.69, 9.17) is 5.11 Å². The summed E-state index contributed by atoms with van der Waals surface area (Å²) in [6, 6.07) is 6.45. The molecule has 1 unspecified atom stereocenters. The van der Waals surface area contributed by atoms with Crippen LogP contribution in [0.5, 0.6) is 0 Å². The molecule has 0 aliphatic rings. The van der Waals surface area contributed by atoms with E-state index in [1.165, 1.54) is 6.07 Å². The molecule has 0 amide bonds. The number of hydrogen-bond acceptors (Lipinski definition) is 2. The molecule has 0 aliphatic carbocycles. The number of benzene rings is 1. The number of para-hydroxylation sites is 1. The van der Waals surface area contributed by atoms with Crippen LogP contribution < -0.4 is 0 Å². The van der Waals surface area contributed by atoms with Gasteiger partial charge in [-0.2, -0.15) is 0 Å². The Balaban J connectivity index is 2.70. The number of halogens is 1. The standard InChI is InChI=1S/C13H12FNO2/c1-7-6-9-4-3-5-10(14)12(9)15-11(7)8(2)13(16)17/h3-6,8H,1-2H3,(H,16,17). The van der Waals surface area contributed by atoms with Crippen LogP contribution in [0, 0.1) is 12.7 Å². The van der Waals surface area contributed by atoms with Crippen LogP contribution in [0.4, 0.5) is 4.39 Å². The third-order valence-electron chi connectivity index (χ3n) is 2.81. The molecule has 17 heavy (non-hydrogen) atoms. The summed E-state index contributed by atoms with van der Waals surface area (Å²) in [5.41, 5.74) is 1.40. The summed E-state index contributed by atoms with van der Waals surface area (Å²) in [7, 11) is 0. The summed E-state index contributed by atoms with van der Waals surface area (Å²) < 4.78 is 13.6. The van der Waals surface area contributed by atoms with Crippen molar-refractivity contribution in [1.82, 2.24) is 4.98 Å². The first kappa shape index (κ1) is 11.5. The number of aliphatic carboxylic acids is 1. The molecule has 88 valence electrons. The van der Waals surface area contributed by atoms with Crippen LogP contribution in [0.3, 0.4) is 0 Å². The fourth-order valence-electron chi connectivity index (χ4n) is 1.84. The van der Waals surface area contributed by atoms with Gasteiger partial charge >= 0.3 is 5.97 Å². The number of pyridine rings is 1. The number of carboxylic acids is 1. The zero-order valence-corrected chi connectivity index (χ0v) is 9.57. The van der Waals surface area contributed by atoms with E-state index in [2.05, 4.69) is 4.98 Å². The van der Waals surface area contributed by atoms with E-state index in [0.717, 1.165) is 5.56 Å². The van der Waals surface area contributed by atoms with Gasteiger partial charge in [-0.3, -0.25) is 4.79 Å². The minimum absolute atomic E-state index is 0.223. The van der Waals surface area contributed by atoms with Crippen molar-refractivity contribution < 1.29 is 14.3 Å². The average molecular weight is 233 g/mol. The van der Waals surface area contributed by atoms with Gasteiger partial charge in [-0.25, -0.2) is 9.37 Å². The Morgan fingerprint density at radius 1 is 1.47 bits per heavy atom. The highest BCUT2D eigenvalue weighted by molar-refractivity contribution is 5.82. The molecule has 1 aromatic heterocycles. The van der Waals surface area contributed by atoms with Crippen molar-refractivity contribution in [2.24, 2.45) is 0 Å². The molecule has 2 rings (SSSR count). The van der Waals surface area contributed by atoms with Crippen LogP contribution in [0.15, 0.2) is 24.3 Å². The van der Waals surface area contributed by atoms with E-state index >= 15 is 0 Å². The van der Waals surface area contributed by atoms with Crippen molar-refractivity contribution in [2.45, 2.75) is 19.8 Å². The van der Waals surface area contributed by atoms with Gasteiger partial charge in [-0.1, -0.05) is 12.1 Å². The van der Waals surface area contributed by atoms with Gasteiger partial charge in [0.2, 0.25) is 0 Å². The number of aromatic nitrogens is 1. The molecular weight excluding hydrogens is 221 g/mol. The van der Waals surface area contributed by atoms with Crippen LogP contribution in [-0.2, 0) is 4.79 Å². The highest BCUT2D eigenvalue weighted by Gasteiger charge is 2.18. The van der Waals surface area contributed by atoms with Crippen LogP contribution in [0.1, 0.15) is 24.1 Å². The van der Waals surface area contributed by atoms with Gasteiger partial charge in [-0.05, 0) is 31.5 Å². The molecule has 0 fully saturated rings. The minimum Gasteiger partial charge on any atom is -0.481 e. The average Bonchev–Trinajstić information content (AvgIpc) is 2.27. The number of aryl methyl sites for hydroxylation is 1. The lowest BCUT2D eigenvalue weighted by Gasteiger charge is -2.11. The number of fused-ring (bicyclic) bond motifs is 1. The number of rotatable bonds is 2. The molecule has 0 saturated heterocycles. The second-order valence-corrected chi connectivity index (χ2v) is 4.06. The molecule has 2 aromatic rings. The van der Waals surface area contributed by atoms with Gasteiger partial charge in [-0.15, -0.1) is 0 Å². The third-order valence-corrected chi connectivity index (χ3v) is 2.81. The van der Waals surface area contributed by atoms with Crippen molar-refractivity contribution in [3.63, 3.8) is 0 Å². The largest absolute Gasteiger partial charge is 0.481 e. The zero-order chi connectivity index (χ0) is 12.6. The summed E-state index contributed by atoms with van der Waals surface area (Å²) >= 11 is 0. The molecule has 0 aliphatic heterocycles. The van der Waals surface area contributed by atoms with Crippen molar-refractivity contribution in [1.29, 1.82) is 0 Å². The minimum atomic E-state index is -0.962. The Labute approximate surface area is 97.9 Å². The maximum Gasteiger partial charge on any atom is 0.312 e. The molecule has 3 nitrogen and oxygen atoms in total. The third kappa shape index (κ3) is 1.98. The molecule has 0 saturated carbocycles. The first-order valence-corrected chi connectivity index (χ1v) is 5.29. The van der Waals surface area contributed by atoms with Gasteiger partial charge in [0.15, 0.2) is 0 Å². The van der Waals surface area contributed by atoms with E-state index in [0.29, 0.717) is 11.1 Å². The molecule has 1 aromatic carbocycles. The van der Waals surface area contributed by atoms with Gasteiger partial charge in [0.25, 0.3) is 0 Å². The lowest BCUT2D eigenvalue weighted by atomic mass is 10.0. The maximum absolute atomic E-state index is 13.6. The maximum atomic E-state index is 13.6. The van der Waals surface area contributed by atoms with Crippen LogP contribution in [0.25, 0.3) is 10.9 Å². The number of nitrogens with zero attached hydrogens (tertiary/aromatic N) is 1. The van der Waals surface area contributed by atoms with Gasteiger partial charge < -0.3 is 5.11 Å². The van der Waals surface area contributed by atoms with Crippen LogP contribution >= 0.6 is 0 Å². The summed E-state index contributed by atoms with van der Waals surface area (Å²) in [4.78, 5) is 15.1. The first-order valence-electron chi connectivity index (χ1n) is 5.29. The van der Waals surface area contributed by atoms with Gasteiger partial charge in [0.1, 0.15) is 11.3 Å². The Bertz CT molecular complexity index is 595. The predicted octanol–water partition coefficient (Wildman–Crippen LogP) is 2.87. The molecule has 1 heterocycles. The lowest BCUT2D eigenvalue weighted by Crippen LogP contribution is -2.11. The molecule has 0 radical (unpaired) electrons. The Hall–Kier alpha value is -1.97. The van der Waals surface area contributed by atoms with E-state index < -0.39 is 17.7 Å². The molecule has 4 heteroatoms.